The van der Waals surface area contributed by atoms with Crippen LogP contribution in [-0.2, 0) is 9.53 Å². The molecule has 0 atom stereocenters. The summed E-state index contributed by atoms with van der Waals surface area (Å²) in [6, 6.07) is 6.92. The van der Waals surface area contributed by atoms with Gasteiger partial charge in [0.25, 0.3) is 0 Å². The lowest BCUT2D eigenvalue weighted by molar-refractivity contribution is -0.153. The van der Waals surface area contributed by atoms with Crippen molar-refractivity contribution in [3.05, 3.63) is 35.4 Å². The van der Waals surface area contributed by atoms with E-state index in [4.69, 9.17) is 4.74 Å². The Morgan fingerprint density at radius 3 is 2.70 bits per heavy atom. The molecule has 0 N–H and O–H groups in total. The molecular weight excluding hydrogens is 264 g/mol. The van der Waals surface area contributed by atoms with E-state index in [1.807, 2.05) is 13.0 Å². The second kappa shape index (κ2) is 6.02. The van der Waals surface area contributed by atoms with Crippen molar-refractivity contribution in [1.82, 2.24) is 4.90 Å². The number of hydrogen-bond donors (Lipinski definition) is 0. The molecule has 3 nitrogen and oxygen atoms in total. The Balaban J connectivity index is 2.12. The minimum Gasteiger partial charge on any atom is -0.378 e. The van der Waals surface area contributed by atoms with Gasteiger partial charge in [-0.05, 0) is 30.5 Å². The molecule has 0 unspecified atom stereocenters. The smallest absolute Gasteiger partial charge is 0.378 e. The average Bonchev–Trinajstić information content (AvgIpc) is 2.45. The summed E-state index contributed by atoms with van der Waals surface area (Å²) in [6.07, 6.45) is 0. The SMILES string of the molecule is Cc1cccc(C#CC(F)(F)C(=O)N2CCOCC2)c1. The van der Waals surface area contributed by atoms with Crippen molar-refractivity contribution in [3.63, 3.8) is 0 Å². The molecule has 5 heteroatoms. The lowest BCUT2D eigenvalue weighted by Crippen LogP contribution is -2.48. The van der Waals surface area contributed by atoms with Gasteiger partial charge in [-0.15, -0.1) is 0 Å². The quantitative estimate of drug-likeness (QED) is 0.734. The third-order valence-electron chi connectivity index (χ3n) is 2.95. The summed E-state index contributed by atoms with van der Waals surface area (Å²) in [6.45, 7) is 2.78. The van der Waals surface area contributed by atoms with Crippen LogP contribution in [0.25, 0.3) is 0 Å². The molecule has 1 heterocycles. The second-order valence-corrected chi connectivity index (χ2v) is 4.60. The minimum absolute atomic E-state index is 0.181. The van der Waals surface area contributed by atoms with E-state index in [0.29, 0.717) is 5.56 Å². The number of nitrogens with zero attached hydrogens (tertiary/aromatic N) is 1. The van der Waals surface area contributed by atoms with Gasteiger partial charge < -0.3 is 9.64 Å². The topological polar surface area (TPSA) is 29.5 Å². The van der Waals surface area contributed by atoms with Gasteiger partial charge in [-0.25, -0.2) is 0 Å². The molecule has 1 aliphatic rings. The van der Waals surface area contributed by atoms with E-state index in [1.165, 1.54) is 0 Å². The first-order valence-electron chi connectivity index (χ1n) is 6.34. The number of carbonyl (C=O) groups excluding carboxylic acids is 1. The third-order valence-corrected chi connectivity index (χ3v) is 2.95. The molecule has 0 radical (unpaired) electrons. The van der Waals surface area contributed by atoms with Crippen molar-refractivity contribution in [2.24, 2.45) is 0 Å². The summed E-state index contributed by atoms with van der Waals surface area (Å²) in [7, 11) is 0. The molecule has 1 amide bonds. The van der Waals surface area contributed by atoms with Crippen LogP contribution in [0, 0.1) is 18.8 Å². The molecule has 1 aromatic rings. The summed E-state index contributed by atoms with van der Waals surface area (Å²) in [5.41, 5.74) is 1.40. The van der Waals surface area contributed by atoms with Crippen LogP contribution in [0.3, 0.4) is 0 Å². The number of amides is 1. The Morgan fingerprint density at radius 1 is 1.35 bits per heavy atom. The number of halogens is 2. The Morgan fingerprint density at radius 2 is 2.05 bits per heavy atom. The molecule has 1 aromatic carbocycles. The maximum Gasteiger partial charge on any atom is 0.385 e. The van der Waals surface area contributed by atoms with Crippen LogP contribution in [0.4, 0.5) is 8.78 Å². The highest BCUT2D eigenvalue weighted by atomic mass is 19.3. The van der Waals surface area contributed by atoms with Gasteiger partial charge in [-0.2, -0.15) is 8.78 Å². The van der Waals surface area contributed by atoms with Crippen LogP contribution in [0.1, 0.15) is 11.1 Å². The predicted octanol–water partition coefficient (Wildman–Crippen LogP) is 1.84. The van der Waals surface area contributed by atoms with Gasteiger partial charge in [-0.3, -0.25) is 4.79 Å². The molecule has 0 aromatic heterocycles. The summed E-state index contributed by atoms with van der Waals surface area (Å²) < 4.78 is 32.6. The number of alkyl halides is 2. The van der Waals surface area contributed by atoms with E-state index in [-0.39, 0.29) is 26.3 Å². The maximum atomic E-state index is 13.8. The van der Waals surface area contributed by atoms with Gasteiger partial charge in [0.2, 0.25) is 0 Å². The molecule has 0 saturated carbocycles. The van der Waals surface area contributed by atoms with E-state index in [1.54, 1.807) is 24.1 Å². The maximum absolute atomic E-state index is 13.8. The van der Waals surface area contributed by atoms with Crippen molar-refractivity contribution in [3.8, 4) is 11.8 Å². The molecule has 1 aliphatic heterocycles. The zero-order valence-corrected chi connectivity index (χ0v) is 11.2. The lowest BCUT2D eigenvalue weighted by atomic mass is 10.1. The van der Waals surface area contributed by atoms with Crippen molar-refractivity contribution >= 4 is 5.91 Å². The number of hydrogen-bond acceptors (Lipinski definition) is 2. The molecule has 106 valence electrons. The van der Waals surface area contributed by atoms with Crippen LogP contribution in [-0.4, -0.2) is 43.0 Å². The average molecular weight is 279 g/mol. The van der Waals surface area contributed by atoms with Crippen molar-refractivity contribution < 1.29 is 18.3 Å². The van der Waals surface area contributed by atoms with Crippen molar-refractivity contribution in [2.45, 2.75) is 12.8 Å². The molecule has 2 rings (SSSR count). The van der Waals surface area contributed by atoms with E-state index in [2.05, 4.69) is 5.92 Å². The highest BCUT2D eigenvalue weighted by Gasteiger charge is 2.40. The molecular formula is C15H15F2NO2. The monoisotopic (exact) mass is 279 g/mol. The number of rotatable bonds is 1. The van der Waals surface area contributed by atoms with E-state index in [9.17, 15) is 13.6 Å². The number of aryl methyl sites for hydroxylation is 1. The summed E-state index contributed by atoms with van der Waals surface area (Å²) in [4.78, 5) is 12.8. The fourth-order valence-electron chi connectivity index (χ4n) is 1.89. The van der Waals surface area contributed by atoms with E-state index >= 15 is 0 Å². The molecule has 1 saturated heterocycles. The van der Waals surface area contributed by atoms with Crippen molar-refractivity contribution in [1.29, 1.82) is 0 Å². The fraction of sp³-hybridized carbons (Fsp3) is 0.400. The first-order chi connectivity index (χ1) is 9.49. The lowest BCUT2D eigenvalue weighted by Gasteiger charge is -2.28. The Bertz CT molecular complexity index is 554. The Hall–Kier alpha value is -1.93. The third kappa shape index (κ3) is 3.55. The van der Waals surface area contributed by atoms with E-state index < -0.39 is 11.8 Å². The van der Waals surface area contributed by atoms with Gasteiger partial charge in [0.05, 0.1) is 13.2 Å². The second-order valence-electron chi connectivity index (χ2n) is 4.60. The van der Waals surface area contributed by atoms with Crippen LogP contribution in [0.2, 0.25) is 0 Å². The van der Waals surface area contributed by atoms with Crippen LogP contribution in [0.5, 0.6) is 0 Å². The Labute approximate surface area is 116 Å². The molecule has 0 aliphatic carbocycles. The van der Waals surface area contributed by atoms with Crippen LogP contribution in [0.15, 0.2) is 24.3 Å². The predicted molar refractivity (Wildman–Crippen MR) is 70.4 cm³/mol. The summed E-state index contributed by atoms with van der Waals surface area (Å²) in [5.74, 6) is -0.763. The fourth-order valence-corrected chi connectivity index (χ4v) is 1.89. The summed E-state index contributed by atoms with van der Waals surface area (Å²) in [5, 5.41) is 0. The Kier molecular flexibility index (Phi) is 4.35. The standard InChI is InChI=1S/C15H15F2NO2/c1-12-3-2-4-13(11-12)5-6-15(16,17)14(19)18-7-9-20-10-8-18/h2-4,11H,7-10H2,1H3. The first-order valence-corrected chi connectivity index (χ1v) is 6.34. The molecule has 20 heavy (non-hydrogen) atoms. The van der Waals surface area contributed by atoms with Crippen LogP contribution < -0.4 is 0 Å². The van der Waals surface area contributed by atoms with Crippen molar-refractivity contribution in [2.75, 3.05) is 26.3 Å². The van der Waals surface area contributed by atoms with Gasteiger partial charge in [-0.1, -0.05) is 18.1 Å². The number of benzene rings is 1. The number of ether oxygens (including phenoxy) is 1. The summed E-state index contributed by atoms with van der Waals surface area (Å²) >= 11 is 0. The van der Waals surface area contributed by atoms with Gasteiger partial charge >= 0.3 is 11.8 Å². The zero-order valence-electron chi connectivity index (χ0n) is 11.2. The van der Waals surface area contributed by atoms with Crippen LogP contribution >= 0.6 is 0 Å². The number of morpholine rings is 1. The molecule has 1 fully saturated rings. The number of carbonyl (C=O) groups is 1. The van der Waals surface area contributed by atoms with Gasteiger partial charge in [0.1, 0.15) is 0 Å². The normalized spacial score (nSPS) is 15.4. The zero-order chi connectivity index (χ0) is 14.6. The molecule has 0 spiro atoms. The minimum atomic E-state index is -3.67. The first kappa shape index (κ1) is 14.5. The van der Waals surface area contributed by atoms with E-state index in [0.717, 1.165) is 10.5 Å². The highest BCUT2D eigenvalue weighted by Crippen LogP contribution is 2.17. The largest absolute Gasteiger partial charge is 0.385 e. The van der Waals surface area contributed by atoms with Gasteiger partial charge in [0, 0.05) is 18.7 Å². The molecule has 0 bridgehead atoms. The van der Waals surface area contributed by atoms with Gasteiger partial charge in [0.15, 0.2) is 0 Å². The highest BCUT2D eigenvalue weighted by molar-refractivity contribution is 5.87.